The molecule has 6 rings (SSSR count). The van der Waals surface area contributed by atoms with E-state index < -0.39 is 0 Å². The molecule has 2 N–H and O–H groups in total. The molecule has 7 nitrogen and oxygen atoms in total. The molecule has 5 aromatic rings. The van der Waals surface area contributed by atoms with Crippen LogP contribution in [0.4, 0.5) is 0 Å². The van der Waals surface area contributed by atoms with Crippen LogP contribution in [0.2, 0.25) is 0 Å². The lowest BCUT2D eigenvalue weighted by atomic mass is 9.94. The van der Waals surface area contributed by atoms with Crippen molar-refractivity contribution >= 4 is 34.9 Å². The highest BCUT2D eigenvalue weighted by Gasteiger charge is 2.21. The second-order valence-electron chi connectivity index (χ2n) is 9.74. The van der Waals surface area contributed by atoms with E-state index in [1.807, 2.05) is 66.7 Å². The predicted octanol–water partition coefficient (Wildman–Crippen LogP) is 6.86. The minimum atomic E-state index is -0.357. The van der Waals surface area contributed by atoms with Gasteiger partial charge in [0.25, 0.3) is 0 Å². The van der Waals surface area contributed by atoms with E-state index >= 15 is 0 Å². The Morgan fingerprint density at radius 1 is 1.05 bits per heavy atom. The number of amides is 1. The smallest absolute Gasteiger partial charge is 0.250 e. The first kappa shape index (κ1) is 26.4. The quantitative estimate of drug-likeness (QED) is 0.128. The first-order chi connectivity index (χ1) is 20.1. The highest BCUT2D eigenvalue weighted by molar-refractivity contribution is 8.00. The molecular weight excluding hydrogens is 532 g/mol. The number of carbonyl (C=O) groups is 1. The SMILES string of the molecule is N#Cc1c(-c2ccccc2)cc(-c2ccccc2)nc1SCC(=O)NN=Cc1c(O)ccc2oc3c(c12)CCCC3. The summed E-state index contributed by atoms with van der Waals surface area (Å²) in [7, 11) is 0. The van der Waals surface area contributed by atoms with Crippen molar-refractivity contribution in [3.8, 4) is 34.2 Å². The van der Waals surface area contributed by atoms with Gasteiger partial charge in [0.15, 0.2) is 0 Å². The number of rotatable bonds is 7. The second-order valence-corrected chi connectivity index (χ2v) is 10.7. The van der Waals surface area contributed by atoms with Gasteiger partial charge in [-0.05, 0) is 43.0 Å². The Bertz CT molecular complexity index is 1810. The van der Waals surface area contributed by atoms with E-state index in [0.717, 1.165) is 64.8 Å². The van der Waals surface area contributed by atoms with Crippen LogP contribution < -0.4 is 5.43 Å². The number of phenols is 1. The summed E-state index contributed by atoms with van der Waals surface area (Å²) in [5.74, 6) is 0.681. The number of nitrogens with zero attached hydrogens (tertiary/aromatic N) is 3. The van der Waals surface area contributed by atoms with Gasteiger partial charge < -0.3 is 9.52 Å². The number of hydrogen-bond donors (Lipinski definition) is 2. The maximum absolute atomic E-state index is 12.8. The molecule has 1 aliphatic rings. The molecular formula is C33H26N4O3S. The molecule has 0 spiro atoms. The third kappa shape index (κ3) is 5.45. The average Bonchev–Trinajstić information content (AvgIpc) is 3.40. The second kappa shape index (κ2) is 11.7. The van der Waals surface area contributed by atoms with Crippen molar-refractivity contribution in [2.75, 3.05) is 5.75 Å². The van der Waals surface area contributed by atoms with E-state index in [-0.39, 0.29) is 17.4 Å². The fourth-order valence-electron chi connectivity index (χ4n) is 5.17. The minimum Gasteiger partial charge on any atom is -0.507 e. The summed E-state index contributed by atoms with van der Waals surface area (Å²) < 4.78 is 6.01. The Kier molecular flexibility index (Phi) is 7.52. The zero-order valence-corrected chi connectivity index (χ0v) is 22.9. The fourth-order valence-corrected chi connectivity index (χ4v) is 5.97. The lowest BCUT2D eigenvalue weighted by Gasteiger charge is -2.12. The Morgan fingerprint density at radius 3 is 2.54 bits per heavy atom. The van der Waals surface area contributed by atoms with Crippen LogP contribution in [0, 0.1) is 11.3 Å². The van der Waals surface area contributed by atoms with Gasteiger partial charge in [-0.1, -0.05) is 72.4 Å². The number of carbonyl (C=O) groups excluding carboxylic acids is 1. The molecule has 1 amide bonds. The molecule has 0 aliphatic heterocycles. The number of nitrogens with one attached hydrogen (secondary N) is 1. The van der Waals surface area contributed by atoms with E-state index in [0.29, 0.717) is 21.7 Å². The molecule has 202 valence electrons. The third-order valence-electron chi connectivity index (χ3n) is 7.11. The molecule has 8 heteroatoms. The van der Waals surface area contributed by atoms with E-state index in [1.54, 1.807) is 12.1 Å². The maximum atomic E-state index is 12.8. The van der Waals surface area contributed by atoms with Crippen molar-refractivity contribution in [1.29, 1.82) is 5.26 Å². The van der Waals surface area contributed by atoms with Crippen molar-refractivity contribution in [2.24, 2.45) is 5.10 Å². The molecule has 0 saturated heterocycles. The number of aromatic hydroxyl groups is 1. The van der Waals surface area contributed by atoms with E-state index in [1.165, 1.54) is 18.0 Å². The first-order valence-electron chi connectivity index (χ1n) is 13.4. The van der Waals surface area contributed by atoms with E-state index in [2.05, 4.69) is 16.6 Å². The minimum absolute atomic E-state index is 0.00276. The van der Waals surface area contributed by atoms with Gasteiger partial charge >= 0.3 is 0 Å². The van der Waals surface area contributed by atoms with Crippen LogP contribution in [0.5, 0.6) is 5.75 Å². The number of thioether (sulfide) groups is 1. The van der Waals surface area contributed by atoms with Crippen LogP contribution >= 0.6 is 11.8 Å². The number of hydrogen-bond acceptors (Lipinski definition) is 7. The van der Waals surface area contributed by atoms with Crippen LogP contribution in [-0.4, -0.2) is 28.0 Å². The molecule has 0 unspecified atom stereocenters. The number of benzene rings is 3. The summed E-state index contributed by atoms with van der Waals surface area (Å²) in [6, 6.07) is 27.0. The van der Waals surface area contributed by atoms with Crippen molar-refractivity contribution in [1.82, 2.24) is 10.4 Å². The van der Waals surface area contributed by atoms with Crippen molar-refractivity contribution in [3.05, 3.63) is 101 Å². The number of furan rings is 1. The average molecular weight is 559 g/mol. The van der Waals surface area contributed by atoms with Gasteiger partial charge in [-0.25, -0.2) is 10.4 Å². The highest BCUT2D eigenvalue weighted by Crippen LogP contribution is 2.37. The molecule has 1 aliphatic carbocycles. The van der Waals surface area contributed by atoms with Gasteiger partial charge in [-0.2, -0.15) is 10.4 Å². The summed E-state index contributed by atoms with van der Waals surface area (Å²) in [6.45, 7) is 0. The maximum Gasteiger partial charge on any atom is 0.250 e. The summed E-state index contributed by atoms with van der Waals surface area (Å²) in [5, 5.41) is 26.1. The third-order valence-corrected chi connectivity index (χ3v) is 8.09. The Balaban J connectivity index is 1.24. The first-order valence-corrected chi connectivity index (χ1v) is 14.4. The molecule has 2 heterocycles. The van der Waals surface area contributed by atoms with Crippen LogP contribution in [0.25, 0.3) is 33.4 Å². The van der Waals surface area contributed by atoms with Crippen LogP contribution in [-0.2, 0) is 17.6 Å². The van der Waals surface area contributed by atoms with Crippen LogP contribution in [0.3, 0.4) is 0 Å². The molecule has 0 fully saturated rings. The zero-order valence-electron chi connectivity index (χ0n) is 22.1. The molecule has 41 heavy (non-hydrogen) atoms. The summed E-state index contributed by atoms with van der Waals surface area (Å²) >= 11 is 1.19. The molecule has 0 saturated carbocycles. The van der Waals surface area contributed by atoms with Crippen molar-refractivity contribution in [2.45, 2.75) is 30.7 Å². The summed E-state index contributed by atoms with van der Waals surface area (Å²) in [5.41, 5.74) is 8.60. The molecule has 2 aromatic heterocycles. The van der Waals surface area contributed by atoms with Gasteiger partial charge in [0.1, 0.15) is 28.2 Å². The van der Waals surface area contributed by atoms with Gasteiger partial charge in [-0.3, -0.25) is 4.79 Å². The van der Waals surface area contributed by atoms with Crippen LogP contribution in [0.15, 0.2) is 93.4 Å². The Morgan fingerprint density at radius 2 is 1.78 bits per heavy atom. The Labute approximate surface area is 241 Å². The molecule has 0 atom stereocenters. The fraction of sp³-hybridized carbons (Fsp3) is 0.152. The van der Waals surface area contributed by atoms with Gasteiger partial charge in [0.05, 0.1) is 23.2 Å². The lowest BCUT2D eigenvalue weighted by molar-refractivity contribution is -0.118. The van der Waals surface area contributed by atoms with Gasteiger partial charge in [0, 0.05) is 34.1 Å². The van der Waals surface area contributed by atoms with E-state index in [9.17, 15) is 15.2 Å². The molecule has 0 radical (unpaired) electrons. The zero-order chi connectivity index (χ0) is 28.2. The van der Waals surface area contributed by atoms with Crippen molar-refractivity contribution in [3.63, 3.8) is 0 Å². The highest BCUT2D eigenvalue weighted by atomic mass is 32.2. The van der Waals surface area contributed by atoms with Crippen LogP contribution in [0.1, 0.15) is 35.3 Å². The predicted molar refractivity (Wildman–Crippen MR) is 161 cm³/mol. The molecule has 0 bridgehead atoms. The van der Waals surface area contributed by atoms with Gasteiger partial charge in [0.2, 0.25) is 5.91 Å². The standard InChI is InChI=1S/C33H26N4O3S/c34-18-25-24(21-9-3-1-4-10-21)17-27(22-11-5-2-6-12-22)36-33(25)41-20-31(39)37-35-19-26-28(38)15-16-30-32(26)23-13-7-8-14-29(23)40-30/h1-6,9-12,15-17,19,38H,7-8,13-14,20H2,(H,37,39). The summed E-state index contributed by atoms with van der Waals surface area (Å²) in [6.07, 6.45) is 5.38. The number of aryl methyl sites for hydroxylation is 2. The summed E-state index contributed by atoms with van der Waals surface area (Å²) in [4.78, 5) is 17.6. The topological polar surface area (TPSA) is 112 Å². The van der Waals surface area contributed by atoms with E-state index in [4.69, 9.17) is 9.40 Å². The largest absolute Gasteiger partial charge is 0.507 e. The number of pyridine rings is 1. The number of nitriles is 1. The number of fused-ring (bicyclic) bond motifs is 3. The monoisotopic (exact) mass is 558 g/mol. The normalized spacial score (nSPS) is 12.8. The van der Waals surface area contributed by atoms with Crippen molar-refractivity contribution < 1.29 is 14.3 Å². The number of phenolic OH excluding ortho intramolecular Hbond substituents is 1. The Hall–Kier alpha value is -4.87. The number of hydrazone groups is 1. The number of aromatic nitrogens is 1. The van der Waals surface area contributed by atoms with Gasteiger partial charge in [-0.15, -0.1) is 0 Å². The molecule has 3 aromatic carbocycles. The lowest BCUT2D eigenvalue weighted by Crippen LogP contribution is -2.20.